The Balaban J connectivity index is 2.10. The van der Waals surface area contributed by atoms with E-state index in [0.717, 1.165) is 17.2 Å². The summed E-state index contributed by atoms with van der Waals surface area (Å²) >= 11 is 5.05. The van der Waals surface area contributed by atoms with Crippen LogP contribution in [0.3, 0.4) is 0 Å². The van der Waals surface area contributed by atoms with Crippen molar-refractivity contribution in [3.05, 3.63) is 24.0 Å². The number of pyridine rings is 1. The van der Waals surface area contributed by atoms with E-state index >= 15 is 0 Å². The second-order valence-corrected chi connectivity index (χ2v) is 5.34. The van der Waals surface area contributed by atoms with Gasteiger partial charge in [0.05, 0.1) is 11.9 Å². The van der Waals surface area contributed by atoms with Crippen molar-refractivity contribution in [1.29, 1.82) is 0 Å². The average molecular weight is 249 g/mol. The third-order valence-corrected chi connectivity index (χ3v) is 3.60. The van der Waals surface area contributed by atoms with Crippen molar-refractivity contribution >= 4 is 22.9 Å². The van der Waals surface area contributed by atoms with E-state index < -0.39 is 0 Å². The van der Waals surface area contributed by atoms with E-state index in [1.165, 1.54) is 25.7 Å². The van der Waals surface area contributed by atoms with Crippen LogP contribution in [0.4, 0.5) is 5.69 Å². The maximum absolute atomic E-state index is 5.71. The van der Waals surface area contributed by atoms with Crippen LogP contribution in [0.5, 0.6) is 0 Å². The lowest BCUT2D eigenvalue weighted by atomic mass is 9.87. The zero-order valence-electron chi connectivity index (χ0n) is 10.1. The Bertz CT molecular complexity index is 405. The lowest BCUT2D eigenvalue weighted by molar-refractivity contribution is 0.358. The first-order valence-corrected chi connectivity index (χ1v) is 6.58. The van der Waals surface area contributed by atoms with Crippen LogP contribution in [0.15, 0.2) is 18.5 Å². The molecule has 3 nitrogen and oxygen atoms in total. The van der Waals surface area contributed by atoms with Gasteiger partial charge in [-0.1, -0.05) is 32.0 Å². The molecule has 1 aromatic heterocycles. The lowest BCUT2D eigenvalue weighted by Crippen LogP contribution is -2.27. The van der Waals surface area contributed by atoms with Gasteiger partial charge in [0.1, 0.15) is 4.99 Å². The van der Waals surface area contributed by atoms with Gasteiger partial charge in [-0.25, -0.2) is 0 Å². The predicted octanol–water partition coefficient (Wildman–Crippen LogP) is 2.71. The normalized spacial score (nSPS) is 24.3. The first-order chi connectivity index (χ1) is 8.16. The number of nitrogens with one attached hydrogen (secondary N) is 1. The molecule has 1 aliphatic carbocycles. The average Bonchev–Trinajstić information content (AvgIpc) is 2.29. The van der Waals surface area contributed by atoms with Crippen LogP contribution >= 0.6 is 12.2 Å². The van der Waals surface area contributed by atoms with Gasteiger partial charge in [0.15, 0.2) is 0 Å². The minimum Gasteiger partial charge on any atom is -0.389 e. The van der Waals surface area contributed by atoms with Gasteiger partial charge in [0.25, 0.3) is 0 Å². The third kappa shape index (κ3) is 3.16. The van der Waals surface area contributed by atoms with E-state index in [4.69, 9.17) is 18.0 Å². The molecule has 0 saturated heterocycles. The highest BCUT2D eigenvalue weighted by Crippen LogP contribution is 2.27. The Hall–Kier alpha value is -1.16. The van der Waals surface area contributed by atoms with Crippen LogP contribution in [0.1, 0.15) is 38.2 Å². The van der Waals surface area contributed by atoms with Gasteiger partial charge in [-0.2, -0.15) is 0 Å². The Kier molecular flexibility index (Phi) is 3.94. The summed E-state index contributed by atoms with van der Waals surface area (Å²) in [6.07, 6.45) is 8.60. The topological polar surface area (TPSA) is 50.9 Å². The van der Waals surface area contributed by atoms with Gasteiger partial charge in [-0.05, 0) is 24.8 Å². The second-order valence-electron chi connectivity index (χ2n) is 4.90. The molecule has 0 radical (unpaired) electrons. The summed E-state index contributed by atoms with van der Waals surface area (Å²) in [5.74, 6) is 0.797. The molecule has 2 unspecified atom stereocenters. The SMILES string of the molecule is CC1CCCC(Nc2cnccc2C(N)=S)C1. The molecule has 0 amide bonds. The van der Waals surface area contributed by atoms with Gasteiger partial charge in [-0.3, -0.25) is 4.98 Å². The van der Waals surface area contributed by atoms with Crippen LogP contribution in [-0.4, -0.2) is 16.0 Å². The van der Waals surface area contributed by atoms with Crippen molar-refractivity contribution in [2.45, 2.75) is 38.6 Å². The molecule has 0 aliphatic heterocycles. The highest BCUT2D eigenvalue weighted by atomic mass is 32.1. The van der Waals surface area contributed by atoms with E-state index in [1.54, 1.807) is 6.20 Å². The van der Waals surface area contributed by atoms with Gasteiger partial charge >= 0.3 is 0 Å². The van der Waals surface area contributed by atoms with Crippen LogP contribution < -0.4 is 11.1 Å². The zero-order chi connectivity index (χ0) is 12.3. The number of nitrogens with zero attached hydrogens (tertiary/aromatic N) is 1. The summed E-state index contributed by atoms with van der Waals surface area (Å²) in [6.45, 7) is 2.31. The fourth-order valence-electron chi connectivity index (χ4n) is 2.51. The number of hydrogen-bond donors (Lipinski definition) is 2. The number of nitrogens with two attached hydrogens (primary N) is 1. The highest BCUT2D eigenvalue weighted by molar-refractivity contribution is 7.80. The maximum atomic E-state index is 5.71. The van der Waals surface area contributed by atoms with Crippen molar-refractivity contribution in [1.82, 2.24) is 4.98 Å². The van der Waals surface area contributed by atoms with E-state index in [0.29, 0.717) is 11.0 Å². The standard InChI is InChI=1S/C13H19N3S/c1-9-3-2-4-10(7-9)16-12-8-15-6-5-11(12)13(14)17/h5-6,8-10,16H,2-4,7H2,1H3,(H2,14,17). The maximum Gasteiger partial charge on any atom is 0.106 e. The molecule has 4 heteroatoms. The lowest BCUT2D eigenvalue weighted by Gasteiger charge is -2.28. The molecule has 2 rings (SSSR count). The summed E-state index contributed by atoms with van der Waals surface area (Å²) in [5, 5.41) is 3.53. The number of hydrogen-bond acceptors (Lipinski definition) is 3. The molecule has 2 atom stereocenters. The van der Waals surface area contributed by atoms with Crippen molar-refractivity contribution in [2.24, 2.45) is 11.7 Å². The van der Waals surface area contributed by atoms with Crippen molar-refractivity contribution in [3.63, 3.8) is 0 Å². The summed E-state index contributed by atoms with van der Waals surface area (Å²) in [4.78, 5) is 4.56. The molecule has 92 valence electrons. The fraction of sp³-hybridized carbons (Fsp3) is 0.538. The van der Waals surface area contributed by atoms with E-state index in [-0.39, 0.29) is 0 Å². The molecule has 0 bridgehead atoms. The van der Waals surface area contributed by atoms with Crippen molar-refractivity contribution < 1.29 is 0 Å². The molecule has 1 aliphatic rings. The molecule has 1 heterocycles. The zero-order valence-corrected chi connectivity index (χ0v) is 11.0. The minimum atomic E-state index is 0.429. The molecular weight excluding hydrogens is 230 g/mol. The molecule has 17 heavy (non-hydrogen) atoms. The number of aromatic nitrogens is 1. The molecule has 1 fully saturated rings. The molecule has 1 aromatic rings. The van der Waals surface area contributed by atoms with Crippen LogP contribution in [0, 0.1) is 5.92 Å². The number of thiocarbonyl (C=S) groups is 1. The van der Waals surface area contributed by atoms with E-state index in [9.17, 15) is 0 Å². The Morgan fingerprint density at radius 3 is 3.06 bits per heavy atom. The van der Waals surface area contributed by atoms with E-state index in [1.807, 2.05) is 12.3 Å². The fourth-order valence-corrected chi connectivity index (χ4v) is 2.69. The van der Waals surface area contributed by atoms with Gasteiger partial charge < -0.3 is 11.1 Å². The third-order valence-electron chi connectivity index (χ3n) is 3.38. The van der Waals surface area contributed by atoms with Crippen molar-refractivity contribution in [3.8, 4) is 0 Å². The Labute approximate surface area is 108 Å². The van der Waals surface area contributed by atoms with Gasteiger partial charge in [-0.15, -0.1) is 0 Å². The van der Waals surface area contributed by atoms with Crippen LogP contribution in [-0.2, 0) is 0 Å². The minimum absolute atomic E-state index is 0.429. The first-order valence-electron chi connectivity index (χ1n) is 6.17. The highest BCUT2D eigenvalue weighted by Gasteiger charge is 2.19. The molecule has 1 saturated carbocycles. The van der Waals surface area contributed by atoms with E-state index in [2.05, 4.69) is 17.2 Å². The quantitative estimate of drug-likeness (QED) is 0.809. The number of anilines is 1. The van der Waals surface area contributed by atoms with Crippen molar-refractivity contribution in [2.75, 3.05) is 5.32 Å². The molecular formula is C13H19N3S. The molecule has 0 spiro atoms. The smallest absolute Gasteiger partial charge is 0.106 e. The second kappa shape index (κ2) is 5.45. The molecule has 0 aromatic carbocycles. The monoisotopic (exact) mass is 249 g/mol. The summed E-state index contributed by atoms with van der Waals surface area (Å²) in [5.41, 5.74) is 7.58. The predicted molar refractivity (Wildman–Crippen MR) is 75.2 cm³/mol. The summed E-state index contributed by atoms with van der Waals surface area (Å²) in [7, 11) is 0. The summed E-state index contributed by atoms with van der Waals surface area (Å²) < 4.78 is 0. The van der Waals surface area contributed by atoms with Crippen LogP contribution in [0.2, 0.25) is 0 Å². The van der Waals surface area contributed by atoms with Gasteiger partial charge in [0.2, 0.25) is 0 Å². The number of rotatable bonds is 3. The Morgan fingerprint density at radius 1 is 1.53 bits per heavy atom. The first kappa shape index (κ1) is 12.3. The largest absolute Gasteiger partial charge is 0.389 e. The van der Waals surface area contributed by atoms with Crippen LogP contribution in [0.25, 0.3) is 0 Å². The molecule has 3 N–H and O–H groups in total. The summed E-state index contributed by atoms with van der Waals surface area (Å²) in [6, 6.07) is 2.40. The Morgan fingerprint density at radius 2 is 2.35 bits per heavy atom. The van der Waals surface area contributed by atoms with Gasteiger partial charge in [0, 0.05) is 17.8 Å².